The third kappa shape index (κ3) is 3.85. The summed E-state index contributed by atoms with van der Waals surface area (Å²) in [6, 6.07) is 14.1. The molecule has 0 saturated carbocycles. The first-order chi connectivity index (χ1) is 15.3. The molecular weight excluding hydrogens is 426 g/mol. The van der Waals surface area contributed by atoms with Crippen molar-refractivity contribution in [3.63, 3.8) is 0 Å². The van der Waals surface area contributed by atoms with E-state index in [1.165, 1.54) is 15.9 Å². The number of carbonyl (C=O) groups is 1. The Morgan fingerprint density at radius 2 is 1.78 bits per heavy atom. The Hall–Kier alpha value is -3.65. The minimum absolute atomic E-state index is 0.215. The van der Waals surface area contributed by atoms with Crippen LogP contribution in [0.3, 0.4) is 0 Å². The number of nitrogens with one attached hydrogen (secondary N) is 1. The summed E-state index contributed by atoms with van der Waals surface area (Å²) in [5.41, 5.74) is 1.90. The molecule has 0 unspecified atom stereocenters. The van der Waals surface area contributed by atoms with E-state index in [-0.39, 0.29) is 18.0 Å². The first-order valence-corrected chi connectivity index (χ1v) is 10.9. The van der Waals surface area contributed by atoms with Gasteiger partial charge in [-0.3, -0.25) is 14.2 Å². The second-order valence-corrected chi connectivity index (χ2v) is 8.79. The smallest absolute Gasteiger partial charge is 0.337 e. The van der Waals surface area contributed by atoms with Crippen LogP contribution in [0.4, 0.5) is 5.69 Å². The summed E-state index contributed by atoms with van der Waals surface area (Å²) in [7, 11) is 1.57. The summed E-state index contributed by atoms with van der Waals surface area (Å²) in [6.07, 6.45) is 0. The second-order valence-electron chi connectivity index (χ2n) is 7.59. The molecule has 2 aromatic heterocycles. The Morgan fingerprint density at radius 3 is 2.44 bits per heavy atom. The van der Waals surface area contributed by atoms with Crippen LogP contribution in [0.1, 0.15) is 16.0 Å². The Bertz CT molecular complexity index is 1450. The number of hydrogen-bond donors (Lipinski definition) is 1. The first-order valence-electron chi connectivity index (χ1n) is 10.1. The molecule has 0 saturated heterocycles. The van der Waals surface area contributed by atoms with Crippen LogP contribution in [-0.2, 0) is 11.3 Å². The zero-order valence-electron chi connectivity index (χ0n) is 18.3. The number of aryl methyl sites for hydroxylation is 3. The molecule has 32 heavy (non-hydrogen) atoms. The quantitative estimate of drug-likeness (QED) is 0.503. The topological polar surface area (TPSA) is 82.3 Å². The van der Waals surface area contributed by atoms with Gasteiger partial charge in [-0.1, -0.05) is 12.1 Å². The molecule has 2 aromatic carbocycles. The standard InChI is InChI=1S/C24H23N3O4S/c1-14-6-5-7-18(12-14)27-22(29)21-15(2)16(3)32-23(21)26(24(27)30)13-20(28)25-17-8-10-19(31-4)11-9-17/h5-12H,13H2,1-4H3,(H,25,28). The summed E-state index contributed by atoms with van der Waals surface area (Å²) in [5, 5.41) is 3.26. The molecule has 0 atom stereocenters. The third-order valence-corrected chi connectivity index (χ3v) is 6.62. The largest absolute Gasteiger partial charge is 0.497 e. The van der Waals surface area contributed by atoms with E-state index >= 15 is 0 Å². The maximum atomic E-state index is 13.4. The number of benzene rings is 2. The summed E-state index contributed by atoms with van der Waals surface area (Å²) >= 11 is 1.35. The van der Waals surface area contributed by atoms with Crippen LogP contribution >= 0.6 is 11.3 Å². The average molecular weight is 450 g/mol. The van der Waals surface area contributed by atoms with E-state index in [0.29, 0.717) is 27.3 Å². The predicted octanol–water partition coefficient (Wildman–Crippen LogP) is 3.79. The third-order valence-electron chi connectivity index (χ3n) is 5.39. The van der Waals surface area contributed by atoms with E-state index in [1.807, 2.05) is 26.8 Å². The van der Waals surface area contributed by atoms with Crippen LogP contribution in [0.15, 0.2) is 58.1 Å². The summed E-state index contributed by atoms with van der Waals surface area (Å²) in [6.45, 7) is 5.45. The molecule has 0 bridgehead atoms. The van der Waals surface area contributed by atoms with Crippen molar-refractivity contribution in [2.24, 2.45) is 0 Å². The van der Waals surface area contributed by atoms with E-state index < -0.39 is 5.69 Å². The number of aromatic nitrogens is 2. The van der Waals surface area contributed by atoms with E-state index in [9.17, 15) is 14.4 Å². The molecule has 1 amide bonds. The monoisotopic (exact) mass is 449 g/mol. The van der Waals surface area contributed by atoms with Crippen molar-refractivity contribution < 1.29 is 9.53 Å². The number of nitrogens with zero attached hydrogens (tertiary/aromatic N) is 2. The Kier molecular flexibility index (Phi) is 5.71. The summed E-state index contributed by atoms with van der Waals surface area (Å²) in [5.74, 6) is 0.312. The van der Waals surface area contributed by atoms with Gasteiger partial charge < -0.3 is 10.1 Å². The number of fused-ring (bicyclic) bond motifs is 1. The van der Waals surface area contributed by atoms with Gasteiger partial charge in [0, 0.05) is 10.6 Å². The molecule has 164 valence electrons. The normalized spacial score (nSPS) is 11.0. The Labute approximate surface area is 188 Å². The van der Waals surface area contributed by atoms with Crippen molar-refractivity contribution in [3.8, 4) is 11.4 Å². The van der Waals surface area contributed by atoms with E-state index in [2.05, 4.69) is 5.32 Å². The molecule has 0 spiro atoms. The highest BCUT2D eigenvalue weighted by molar-refractivity contribution is 7.18. The second kappa shape index (κ2) is 8.47. The number of hydrogen-bond acceptors (Lipinski definition) is 5. The predicted molar refractivity (Wildman–Crippen MR) is 128 cm³/mol. The highest BCUT2D eigenvalue weighted by Crippen LogP contribution is 2.27. The molecule has 4 rings (SSSR count). The van der Waals surface area contributed by atoms with E-state index in [4.69, 9.17) is 4.74 Å². The van der Waals surface area contributed by atoms with Crippen molar-refractivity contribution in [1.29, 1.82) is 0 Å². The van der Waals surface area contributed by atoms with Crippen LogP contribution in [0.2, 0.25) is 0 Å². The molecule has 0 fully saturated rings. The van der Waals surface area contributed by atoms with Gasteiger partial charge in [-0.25, -0.2) is 9.36 Å². The number of thiophene rings is 1. The lowest BCUT2D eigenvalue weighted by molar-refractivity contribution is -0.116. The van der Waals surface area contributed by atoms with Gasteiger partial charge in [-0.05, 0) is 68.3 Å². The molecule has 0 radical (unpaired) electrons. The highest BCUT2D eigenvalue weighted by atomic mass is 32.1. The van der Waals surface area contributed by atoms with Crippen LogP contribution in [0.5, 0.6) is 5.75 Å². The SMILES string of the molecule is COc1ccc(NC(=O)Cn2c(=O)n(-c3cccc(C)c3)c(=O)c3c(C)c(C)sc32)cc1. The molecule has 7 nitrogen and oxygen atoms in total. The highest BCUT2D eigenvalue weighted by Gasteiger charge is 2.21. The van der Waals surface area contributed by atoms with Crippen LogP contribution < -0.4 is 21.3 Å². The van der Waals surface area contributed by atoms with Gasteiger partial charge in [-0.15, -0.1) is 11.3 Å². The first kappa shape index (κ1) is 21.6. The fourth-order valence-corrected chi connectivity index (χ4v) is 4.75. The van der Waals surface area contributed by atoms with Gasteiger partial charge in [0.1, 0.15) is 17.1 Å². The van der Waals surface area contributed by atoms with Crippen molar-refractivity contribution in [2.45, 2.75) is 27.3 Å². The number of amides is 1. The zero-order chi connectivity index (χ0) is 23.0. The molecule has 0 aliphatic heterocycles. The number of ether oxygens (including phenoxy) is 1. The van der Waals surface area contributed by atoms with Crippen molar-refractivity contribution in [1.82, 2.24) is 9.13 Å². The molecule has 0 aliphatic carbocycles. The van der Waals surface area contributed by atoms with Gasteiger partial charge in [0.2, 0.25) is 5.91 Å². The maximum Gasteiger partial charge on any atom is 0.337 e. The minimum Gasteiger partial charge on any atom is -0.497 e. The van der Waals surface area contributed by atoms with E-state index in [0.717, 1.165) is 20.6 Å². The van der Waals surface area contributed by atoms with Gasteiger partial charge in [-0.2, -0.15) is 0 Å². The van der Waals surface area contributed by atoms with Crippen LogP contribution in [0.25, 0.3) is 15.9 Å². The number of methoxy groups -OCH3 is 1. The minimum atomic E-state index is -0.542. The molecule has 0 aliphatic rings. The van der Waals surface area contributed by atoms with Gasteiger partial charge in [0.05, 0.1) is 18.2 Å². The van der Waals surface area contributed by atoms with Gasteiger partial charge in [0.25, 0.3) is 5.56 Å². The molecule has 1 N–H and O–H groups in total. The lowest BCUT2D eigenvalue weighted by Gasteiger charge is -2.13. The fraction of sp³-hybridized carbons (Fsp3) is 0.208. The van der Waals surface area contributed by atoms with Crippen molar-refractivity contribution in [3.05, 3.63) is 85.4 Å². The van der Waals surface area contributed by atoms with Gasteiger partial charge >= 0.3 is 5.69 Å². The molecule has 4 aromatic rings. The number of anilines is 1. The van der Waals surface area contributed by atoms with Crippen molar-refractivity contribution in [2.75, 3.05) is 12.4 Å². The average Bonchev–Trinajstić information content (AvgIpc) is 3.06. The lowest BCUT2D eigenvalue weighted by Crippen LogP contribution is -2.40. The van der Waals surface area contributed by atoms with Crippen molar-refractivity contribution >= 4 is 33.1 Å². The summed E-state index contributed by atoms with van der Waals surface area (Å²) < 4.78 is 7.66. The Balaban J connectivity index is 1.83. The van der Waals surface area contributed by atoms with E-state index in [1.54, 1.807) is 49.6 Å². The van der Waals surface area contributed by atoms with Crippen LogP contribution in [0, 0.1) is 20.8 Å². The molecule has 8 heteroatoms. The molecular formula is C24H23N3O4S. The van der Waals surface area contributed by atoms with Gasteiger partial charge in [0.15, 0.2) is 0 Å². The Morgan fingerprint density at radius 1 is 1.06 bits per heavy atom. The zero-order valence-corrected chi connectivity index (χ0v) is 19.1. The summed E-state index contributed by atoms with van der Waals surface area (Å²) in [4.78, 5) is 41.0. The lowest BCUT2D eigenvalue weighted by atomic mass is 10.2. The van der Waals surface area contributed by atoms with Crippen LogP contribution in [-0.4, -0.2) is 22.2 Å². The number of carbonyl (C=O) groups excluding carboxylic acids is 1. The fourth-order valence-electron chi connectivity index (χ4n) is 3.61. The number of rotatable bonds is 5. The maximum absolute atomic E-state index is 13.4. The molecule has 2 heterocycles.